The van der Waals surface area contributed by atoms with Crippen LogP contribution < -0.4 is 5.32 Å². The maximum atomic E-state index is 4.58. The van der Waals surface area contributed by atoms with Crippen LogP contribution in [0.25, 0.3) is 0 Å². The van der Waals surface area contributed by atoms with Crippen LogP contribution in [-0.4, -0.2) is 11.5 Å². The minimum absolute atomic E-state index is 0.327. The molecule has 0 aliphatic carbocycles. The molecule has 1 aromatic heterocycles. The molecule has 3 heteroatoms. The van der Waals surface area contributed by atoms with Gasteiger partial charge in [0.2, 0.25) is 0 Å². The van der Waals surface area contributed by atoms with Gasteiger partial charge in [-0.1, -0.05) is 30.8 Å². The van der Waals surface area contributed by atoms with Crippen LogP contribution in [0, 0.1) is 13.8 Å². The van der Waals surface area contributed by atoms with Crippen molar-refractivity contribution >= 4 is 11.8 Å². The first kappa shape index (κ1) is 16.1. The van der Waals surface area contributed by atoms with E-state index in [1.165, 1.54) is 21.6 Å². The molecule has 1 N–H and O–H groups in total. The summed E-state index contributed by atoms with van der Waals surface area (Å²) in [5.74, 6) is 0. The number of pyridine rings is 1. The fraction of sp³-hybridized carbons (Fsp3) is 0.389. The fourth-order valence-electron chi connectivity index (χ4n) is 2.18. The molecular formula is C18H24N2S. The molecule has 0 spiro atoms. The average molecular weight is 300 g/mol. The van der Waals surface area contributed by atoms with Crippen molar-refractivity contribution in [3.63, 3.8) is 0 Å². The summed E-state index contributed by atoms with van der Waals surface area (Å²) in [7, 11) is 0. The standard InChI is InChI=1S/C18H24N2S/c1-5-10-19-15(4)17-7-6-11-20-18(17)21-16-9-8-13(2)14(3)12-16/h6-9,11-12,15,19H,5,10H2,1-4H3. The summed E-state index contributed by atoms with van der Waals surface area (Å²) in [4.78, 5) is 5.83. The lowest BCUT2D eigenvalue weighted by molar-refractivity contribution is 0.560. The van der Waals surface area contributed by atoms with E-state index >= 15 is 0 Å². The lowest BCUT2D eigenvalue weighted by Crippen LogP contribution is -2.20. The number of hydrogen-bond donors (Lipinski definition) is 1. The van der Waals surface area contributed by atoms with E-state index in [9.17, 15) is 0 Å². The number of benzene rings is 1. The fourth-order valence-corrected chi connectivity index (χ4v) is 3.25. The lowest BCUT2D eigenvalue weighted by Gasteiger charge is -2.16. The zero-order chi connectivity index (χ0) is 15.2. The van der Waals surface area contributed by atoms with Gasteiger partial charge in [-0.3, -0.25) is 0 Å². The molecule has 1 unspecified atom stereocenters. The van der Waals surface area contributed by atoms with Crippen molar-refractivity contribution in [1.29, 1.82) is 0 Å². The second kappa shape index (κ2) is 7.62. The van der Waals surface area contributed by atoms with E-state index in [0.29, 0.717) is 6.04 Å². The van der Waals surface area contributed by atoms with E-state index in [1.807, 2.05) is 12.3 Å². The van der Waals surface area contributed by atoms with Crippen molar-refractivity contribution in [1.82, 2.24) is 10.3 Å². The van der Waals surface area contributed by atoms with E-state index in [2.05, 4.69) is 62.3 Å². The molecule has 0 bridgehead atoms. The van der Waals surface area contributed by atoms with E-state index in [-0.39, 0.29) is 0 Å². The topological polar surface area (TPSA) is 24.9 Å². The molecule has 0 saturated carbocycles. The van der Waals surface area contributed by atoms with E-state index in [4.69, 9.17) is 0 Å². The van der Waals surface area contributed by atoms with Crippen LogP contribution in [0.2, 0.25) is 0 Å². The molecule has 0 aliphatic heterocycles. The predicted molar refractivity (Wildman–Crippen MR) is 91.0 cm³/mol. The quantitative estimate of drug-likeness (QED) is 0.820. The second-order valence-corrected chi connectivity index (χ2v) is 6.48. The van der Waals surface area contributed by atoms with Crippen LogP contribution in [0.3, 0.4) is 0 Å². The number of nitrogens with one attached hydrogen (secondary N) is 1. The van der Waals surface area contributed by atoms with Crippen molar-refractivity contribution in [3.05, 3.63) is 53.2 Å². The molecule has 0 saturated heterocycles. The SMILES string of the molecule is CCCNC(C)c1cccnc1Sc1ccc(C)c(C)c1. The van der Waals surface area contributed by atoms with Gasteiger partial charge < -0.3 is 5.32 Å². The summed E-state index contributed by atoms with van der Waals surface area (Å²) in [6, 6.07) is 11.1. The molecule has 1 aromatic carbocycles. The average Bonchev–Trinajstić information content (AvgIpc) is 2.49. The number of nitrogens with zero attached hydrogens (tertiary/aromatic N) is 1. The summed E-state index contributed by atoms with van der Waals surface area (Å²) >= 11 is 1.75. The van der Waals surface area contributed by atoms with Gasteiger partial charge in [-0.05, 0) is 63.1 Å². The van der Waals surface area contributed by atoms with Crippen LogP contribution in [0.15, 0.2) is 46.5 Å². The van der Waals surface area contributed by atoms with Gasteiger partial charge >= 0.3 is 0 Å². The smallest absolute Gasteiger partial charge is 0.105 e. The maximum absolute atomic E-state index is 4.58. The van der Waals surface area contributed by atoms with Crippen molar-refractivity contribution < 1.29 is 0 Å². The third-order valence-electron chi connectivity index (χ3n) is 3.66. The Bertz CT molecular complexity index is 596. The van der Waals surface area contributed by atoms with Crippen molar-refractivity contribution in [2.45, 2.75) is 50.1 Å². The van der Waals surface area contributed by atoms with Crippen LogP contribution in [0.4, 0.5) is 0 Å². The molecule has 0 amide bonds. The molecular weight excluding hydrogens is 276 g/mol. The van der Waals surface area contributed by atoms with Gasteiger partial charge in [0.05, 0.1) is 0 Å². The zero-order valence-electron chi connectivity index (χ0n) is 13.3. The number of aromatic nitrogens is 1. The van der Waals surface area contributed by atoms with Crippen molar-refractivity contribution in [3.8, 4) is 0 Å². The van der Waals surface area contributed by atoms with Gasteiger partial charge in [0.1, 0.15) is 5.03 Å². The Hall–Kier alpha value is -1.32. The maximum Gasteiger partial charge on any atom is 0.105 e. The Balaban J connectivity index is 2.21. The van der Waals surface area contributed by atoms with E-state index in [0.717, 1.165) is 18.0 Å². The molecule has 0 aliphatic rings. The molecule has 21 heavy (non-hydrogen) atoms. The summed E-state index contributed by atoms with van der Waals surface area (Å²) in [5.41, 5.74) is 3.93. The second-order valence-electron chi connectivity index (χ2n) is 5.42. The molecule has 2 aromatic rings. The van der Waals surface area contributed by atoms with Crippen molar-refractivity contribution in [2.24, 2.45) is 0 Å². The summed E-state index contributed by atoms with van der Waals surface area (Å²) in [6.07, 6.45) is 3.02. The highest BCUT2D eigenvalue weighted by Crippen LogP contribution is 2.32. The molecule has 0 radical (unpaired) electrons. The van der Waals surface area contributed by atoms with Gasteiger partial charge in [0.15, 0.2) is 0 Å². The van der Waals surface area contributed by atoms with Gasteiger partial charge in [-0.25, -0.2) is 4.98 Å². The Morgan fingerprint density at radius 2 is 2.00 bits per heavy atom. The monoisotopic (exact) mass is 300 g/mol. The van der Waals surface area contributed by atoms with Crippen LogP contribution in [-0.2, 0) is 0 Å². The first-order chi connectivity index (χ1) is 10.1. The molecule has 1 atom stereocenters. The zero-order valence-corrected chi connectivity index (χ0v) is 14.1. The Kier molecular flexibility index (Phi) is 5.83. The first-order valence-electron chi connectivity index (χ1n) is 7.55. The Labute approximate surface area is 132 Å². The van der Waals surface area contributed by atoms with Gasteiger partial charge in [-0.15, -0.1) is 0 Å². The lowest BCUT2D eigenvalue weighted by atomic mass is 10.1. The van der Waals surface area contributed by atoms with Gasteiger partial charge in [0.25, 0.3) is 0 Å². The Morgan fingerprint density at radius 3 is 2.71 bits per heavy atom. The minimum atomic E-state index is 0.327. The van der Waals surface area contributed by atoms with Gasteiger partial charge in [-0.2, -0.15) is 0 Å². The molecule has 2 nitrogen and oxygen atoms in total. The van der Waals surface area contributed by atoms with E-state index < -0.39 is 0 Å². The predicted octanol–water partition coefficient (Wildman–Crippen LogP) is 4.91. The normalized spacial score (nSPS) is 12.4. The summed E-state index contributed by atoms with van der Waals surface area (Å²) in [5, 5.41) is 4.64. The van der Waals surface area contributed by atoms with Gasteiger partial charge in [0, 0.05) is 22.7 Å². The third-order valence-corrected chi connectivity index (χ3v) is 4.68. The highest BCUT2D eigenvalue weighted by Gasteiger charge is 2.12. The molecule has 0 fully saturated rings. The number of rotatable bonds is 6. The number of hydrogen-bond acceptors (Lipinski definition) is 3. The summed E-state index contributed by atoms with van der Waals surface area (Å²) in [6.45, 7) is 9.73. The molecule has 112 valence electrons. The molecule has 1 heterocycles. The van der Waals surface area contributed by atoms with Crippen LogP contribution >= 0.6 is 11.8 Å². The van der Waals surface area contributed by atoms with Crippen LogP contribution in [0.1, 0.15) is 43.0 Å². The largest absolute Gasteiger partial charge is 0.310 e. The first-order valence-corrected chi connectivity index (χ1v) is 8.37. The highest BCUT2D eigenvalue weighted by molar-refractivity contribution is 7.99. The van der Waals surface area contributed by atoms with Crippen molar-refractivity contribution in [2.75, 3.05) is 6.54 Å². The highest BCUT2D eigenvalue weighted by atomic mass is 32.2. The Morgan fingerprint density at radius 1 is 1.19 bits per heavy atom. The van der Waals surface area contributed by atoms with Crippen LogP contribution in [0.5, 0.6) is 0 Å². The molecule has 2 rings (SSSR count). The summed E-state index contributed by atoms with van der Waals surface area (Å²) < 4.78 is 0. The number of aryl methyl sites for hydroxylation is 2. The third kappa shape index (κ3) is 4.32. The van der Waals surface area contributed by atoms with E-state index in [1.54, 1.807) is 11.8 Å². The minimum Gasteiger partial charge on any atom is -0.310 e.